The third kappa shape index (κ3) is 4.35. The van der Waals surface area contributed by atoms with Crippen LogP contribution in [0.3, 0.4) is 0 Å². The summed E-state index contributed by atoms with van der Waals surface area (Å²) in [5.41, 5.74) is 1.90. The SMILES string of the molecule is O=C(CSc1ccccc1)N(Cc1cccnc1)c1nc2ccccc2s1. The lowest BCUT2D eigenvalue weighted by molar-refractivity contribution is -0.116. The second kappa shape index (κ2) is 8.33. The molecule has 0 radical (unpaired) electrons. The summed E-state index contributed by atoms with van der Waals surface area (Å²) < 4.78 is 1.08. The summed E-state index contributed by atoms with van der Waals surface area (Å²) in [7, 11) is 0. The smallest absolute Gasteiger partial charge is 0.239 e. The van der Waals surface area contributed by atoms with E-state index in [1.807, 2.05) is 66.7 Å². The number of nitrogens with zero attached hydrogens (tertiary/aromatic N) is 3. The number of rotatable bonds is 6. The van der Waals surface area contributed by atoms with E-state index in [1.165, 1.54) is 23.1 Å². The van der Waals surface area contributed by atoms with Crippen LogP contribution in [0.25, 0.3) is 10.2 Å². The molecule has 2 aromatic carbocycles. The van der Waals surface area contributed by atoms with Gasteiger partial charge in [-0.15, -0.1) is 11.8 Å². The number of pyridine rings is 1. The minimum absolute atomic E-state index is 0.0340. The zero-order valence-corrected chi connectivity index (χ0v) is 16.1. The lowest BCUT2D eigenvalue weighted by atomic mass is 10.2. The number of amides is 1. The number of benzene rings is 2. The van der Waals surface area contributed by atoms with E-state index in [-0.39, 0.29) is 5.91 Å². The van der Waals surface area contributed by atoms with Crippen molar-refractivity contribution in [2.75, 3.05) is 10.7 Å². The fourth-order valence-corrected chi connectivity index (χ4v) is 4.43. The second-order valence-corrected chi connectivity index (χ2v) is 7.96. The van der Waals surface area contributed by atoms with E-state index in [1.54, 1.807) is 17.3 Å². The largest absolute Gasteiger partial charge is 0.283 e. The minimum Gasteiger partial charge on any atom is -0.283 e. The number of aromatic nitrogens is 2. The van der Waals surface area contributed by atoms with E-state index in [9.17, 15) is 4.79 Å². The van der Waals surface area contributed by atoms with Gasteiger partial charge in [0.15, 0.2) is 5.13 Å². The summed E-state index contributed by atoms with van der Waals surface area (Å²) in [6.45, 7) is 0.460. The molecule has 6 heteroatoms. The van der Waals surface area contributed by atoms with Crippen LogP contribution in [-0.4, -0.2) is 21.6 Å². The van der Waals surface area contributed by atoms with Crippen LogP contribution in [-0.2, 0) is 11.3 Å². The van der Waals surface area contributed by atoms with Gasteiger partial charge in [0.2, 0.25) is 5.91 Å². The molecule has 0 saturated carbocycles. The fourth-order valence-electron chi connectivity index (χ4n) is 2.65. The highest BCUT2D eigenvalue weighted by molar-refractivity contribution is 8.00. The summed E-state index contributed by atoms with van der Waals surface area (Å²) in [6.07, 6.45) is 3.52. The Labute approximate surface area is 165 Å². The van der Waals surface area contributed by atoms with E-state index in [0.29, 0.717) is 12.3 Å². The Morgan fingerprint density at radius 2 is 1.81 bits per heavy atom. The summed E-state index contributed by atoms with van der Waals surface area (Å²) >= 11 is 3.08. The first-order valence-electron chi connectivity index (χ1n) is 8.52. The summed E-state index contributed by atoms with van der Waals surface area (Å²) in [6, 6.07) is 21.8. The molecule has 2 heterocycles. The lowest BCUT2D eigenvalue weighted by Gasteiger charge is -2.19. The Kier molecular flexibility index (Phi) is 5.46. The summed E-state index contributed by atoms with van der Waals surface area (Å²) in [4.78, 5) is 24.7. The van der Waals surface area contributed by atoms with Crippen LogP contribution in [0.5, 0.6) is 0 Å². The molecule has 0 bridgehead atoms. The number of thioether (sulfide) groups is 1. The molecule has 0 saturated heterocycles. The molecule has 1 amide bonds. The molecular weight excluding hydrogens is 374 g/mol. The van der Waals surface area contributed by atoms with Crippen LogP contribution in [0.4, 0.5) is 5.13 Å². The molecule has 0 aliphatic carbocycles. The lowest BCUT2D eigenvalue weighted by Crippen LogP contribution is -2.31. The number of para-hydroxylation sites is 1. The van der Waals surface area contributed by atoms with Gasteiger partial charge < -0.3 is 0 Å². The first-order chi connectivity index (χ1) is 13.3. The van der Waals surface area contributed by atoms with Crippen molar-refractivity contribution in [3.8, 4) is 0 Å². The van der Waals surface area contributed by atoms with Gasteiger partial charge >= 0.3 is 0 Å². The van der Waals surface area contributed by atoms with Crippen LogP contribution < -0.4 is 4.90 Å². The van der Waals surface area contributed by atoms with Gasteiger partial charge in [-0.25, -0.2) is 4.98 Å². The molecule has 134 valence electrons. The van der Waals surface area contributed by atoms with E-state index >= 15 is 0 Å². The normalized spacial score (nSPS) is 10.8. The van der Waals surface area contributed by atoms with Crippen LogP contribution in [0.1, 0.15) is 5.56 Å². The van der Waals surface area contributed by atoms with Crippen molar-refractivity contribution in [1.29, 1.82) is 0 Å². The predicted octanol–water partition coefficient (Wildman–Crippen LogP) is 5.02. The van der Waals surface area contributed by atoms with Crippen molar-refractivity contribution in [3.05, 3.63) is 84.7 Å². The Balaban J connectivity index is 1.59. The highest BCUT2D eigenvalue weighted by atomic mass is 32.2. The van der Waals surface area contributed by atoms with Crippen LogP contribution in [0.15, 0.2) is 84.0 Å². The average molecular weight is 392 g/mol. The molecule has 2 aromatic heterocycles. The van der Waals surface area contributed by atoms with Crippen molar-refractivity contribution in [3.63, 3.8) is 0 Å². The van der Waals surface area contributed by atoms with Gasteiger partial charge in [0.25, 0.3) is 0 Å². The van der Waals surface area contributed by atoms with Gasteiger partial charge in [0.05, 0.1) is 22.5 Å². The fraction of sp³-hybridized carbons (Fsp3) is 0.0952. The topological polar surface area (TPSA) is 46.1 Å². The summed E-state index contributed by atoms with van der Waals surface area (Å²) in [5, 5.41) is 0.721. The third-order valence-corrected chi connectivity index (χ3v) is 6.04. The number of hydrogen-bond acceptors (Lipinski definition) is 5. The van der Waals surface area contributed by atoms with Gasteiger partial charge in [-0.05, 0) is 35.9 Å². The maximum absolute atomic E-state index is 13.0. The zero-order chi connectivity index (χ0) is 18.5. The Hall–Kier alpha value is -2.70. The quantitative estimate of drug-likeness (QED) is 0.433. The van der Waals surface area contributed by atoms with Gasteiger partial charge in [0.1, 0.15) is 0 Å². The number of fused-ring (bicyclic) bond motifs is 1. The van der Waals surface area contributed by atoms with Gasteiger partial charge in [0, 0.05) is 17.3 Å². The number of carbonyl (C=O) groups is 1. The maximum atomic E-state index is 13.0. The molecule has 27 heavy (non-hydrogen) atoms. The summed E-state index contributed by atoms with van der Waals surface area (Å²) in [5.74, 6) is 0.395. The number of anilines is 1. The molecule has 4 rings (SSSR count). The van der Waals surface area contributed by atoms with Crippen LogP contribution in [0.2, 0.25) is 0 Å². The molecule has 0 N–H and O–H groups in total. The van der Waals surface area contributed by atoms with Crippen molar-refractivity contribution in [2.24, 2.45) is 0 Å². The molecule has 0 atom stereocenters. The van der Waals surface area contributed by atoms with E-state index < -0.39 is 0 Å². The number of thiazole rings is 1. The molecule has 4 aromatic rings. The standard InChI is InChI=1S/C21H17N3OS2/c25-20(15-26-17-8-2-1-3-9-17)24(14-16-7-6-12-22-13-16)21-23-18-10-4-5-11-19(18)27-21/h1-13H,14-15H2. The third-order valence-electron chi connectivity index (χ3n) is 3.98. The molecule has 0 aliphatic rings. The van der Waals surface area contributed by atoms with Crippen LogP contribution in [0, 0.1) is 0 Å². The van der Waals surface area contributed by atoms with Crippen molar-refractivity contribution < 1.29 is 4.79 Å². The highest BCUT2D eigenvalue weighted by Gasteiger charge is 2.20. The Morgan fingerprint density at radius 1 is 1.00 bits per heavy atom. The molecular formula is C21H17N3OS2. The first kappa shape index (κ1) is 17.7. The van der Waals surface area contributed by atoms with Crippen molar-refractivity contribution in [2.45, 2.75) is 11.4 Å². The maximum Gasteiger partial charge on any atom is 0.239 e. The predicted molar refractivity (Wildman–Crippen MR) is 112 cm³/mol. The first-order valence-corrected chi connectivity index (χ1v) is 10.3. The van der Waals surface area contributed by atoms with Crippen LogP contribution >= 0.6 is 23.1 Å². The van der Waals surface area contributed by atoms with Gasteiger partial charge in [-0.3, -0.25) is 14.7 Å². The Morgan fingerprint density at radius 3 is 2.59 bits per heavy atom. The minimum atomic E-state index is 0.0340. The number of carbonyl (C=O) groups excluding carboxylic acids is 1. The van der Waals surface area contributed by atoms with E-state index in [4.69, 9.17) is 0 Å². The monoisotopic (exact) mass is 391 g/mol. The molecule has 4 nitrogen and oxygen atoms in total. The highest BCUT2D eigenvalue weighted by Crippen LogP contribution is 2.30. The zero-order valence-electron chi connectivity index (χ0n) is 14.5. The molecule has 0 spiro atoms. The molecule has 0 unspecified atom stereocenters. The Bertz CT molecular complexity index is 1000. The van der Waals surface area contributed by atoms with E-state index in [2.05, 4.69) is 9.97 Å². The van der Waals surface area contributed by atoms with Gasteiger partial charge in [-0.1, -0.05) is 47.7 Å². The van der Waals surface area contributed by atoms with Crippen molar-refractivity contribution >= 4 is 44.4 Å². The van der Waals surface area contributed by atoms with Gasteiger partial charge in [-0.2, -0.15) is 0 Å². The average Bonchev–Trinajstić information content (AvgIpc) is 3.15. The molecule has 0 aliphatic heterocycles. The molecule has 0 fully saturated rings. The number of hydrogen-bond donors (Lipinski definition) is 0. The van der Waals surface area contributed by atoms with E-state index in [0.717, 1.165) is 25.8 Å². The van der Waals surface area contributed by atoms with Crippen molar-refractivity contribution in [1.82, 2.24) is 9.97 Å². The second-order valence-electron chi connectivity index (χ2n) is 5.91.